The van der Waals surface area contributed by atoms with Gasteiger partial charge in [-0.3, -0.25) is 4.79 Å². The lowest BCUT2D eigenvalue weighted by atomic mass is 10.1. The highest BCUT2D eigenvalue weighted by Crippen LogP contribution is 2.19. The average molecular weight is 246 g/mol. The molecular weight excluding hydrogens is 232 g/mol. The fraction of sp³-hybridized carbons (Fsp3) is 0.154. The highest BCUT2D eigenvalue weighted by atomic mass is 32.1. The Balaban J connectivity index is 2.14. The SMILES string of the molecule is Cc1ccsc1CNc1ccccc1C(N)=O. The van der Waals surface area contributed by atoms with Crippen LogP contribution >= 0.6 is 11.3 Å². The molecule has 0 spiro atoms. The van der Waals surface area contributed by atoms with Gasteiger partial charge in [-0.05, 0) is 36.1 Å². The van der Waals surface area contributed by atoms with Crippen molar-refractivity contribution in [2.24, 2.45) is 5.73 Å². The lowest BCUT2D eigenvalue weighted by Gasteiger charge is -2.09. The number of primary amides is 1. The van der Waals surface area contributed by atoms with Gasteiger partial charge in [0.2, 0.25) is 0 Å². The first-order valence-electron chi connectivity index (χ1n) is 5.34. The van der Waals surface area contributed by atoms with E-state index in [2.05, 4.69) is 23.7 Å². The van der Waals surface area contributed by atoms with Crippen LogP contribution in [0.5, 0.6) is 0 Å². The van der Waals surface area contributed by atoms with Crippen molar-refractivity contribution in [2.75, 3.05) is 5.32 Å². The van der Waals surface area contributed by atoms with Crippen LogP contribution in [0.2, 0.25) is 0 Å². The van der Waals surface area contributed by atoms with E-state index in [-0.39, 0.29) is 0 Å². The zero-order valence-electron chi connectivity index (χ0n) is 9.57. The van der Waals surface area contributed by atoms with Crippen LogP contribution < -0.4 is 11.1 Å². The number of benzene rings is 1. The van der Waals surface area contributed by atoms with Crippen LogP contribution in [0.4, 0.5) is 5.69 Å². The molecule has 2 rings (SSSR count). The van der Waals surface area contributed by atoms with E-state index in [4.69, 9.17) is 5.73 Å². The van der Waals surface area contributed by atoms with Crippen molar-refractivity contribution in [3.05, 3.63) is 51.7 Å². The molecule has 1 heterocycles. The van der Waals surface area contributed by atoms with Crippen LogP contribution in [0.15, 0.2) is 35.7 Å². The molecule has 1 amide bonds. The molecule has 0 radical (unpaired) electrons. The van der Waals surface area contributed by atoms with Gasteiger partial charge < -0.3 is 11.1 Å². The maximum atomic E-state index is 11.2. The van der Waals surface area contributed by atoms with E-state index in [0.29, 0.717) is 12.1 Å². The van der Waals surface area contributed by atoms with E-state index in [1.54, 1.807) is 17.4 Å². The molecular formula is C13H14N2OS. The summed E-state index contributed by atoms with van der Waals surface area (Å²) in [5.41, 5.74) is 7.89. The van der Waals surface area contributed by atoms with Gasteiger partial charge in [-0.2, -0.15) is 0 Å². The second-order valence-electron chi connectivity index (χ2n) is 3.79. The number of nitrogens with one attached hydrogen (secondary N) is 1. The van der Waals surface area contributed by atoms with Gasteiger partial charge in [0, 0.05) is 17.1 Å². The van der Waals surface area contributed by atoms with E-state index in [9.17, 15) is 4.79 Å². The molecule has 3 nitrogen and oxygen atoms in total. The third-order valence-electron chi connectivity index (χ3n) is 2.60. The lowest BCUT2D eigenvalue weighted by Crippen LogP contribution is -2.14. The van der Waals surface area contributed by atoms with Crippen LogP contribution in [-0.4, -0.2) is 5.91 Å². The third-order valence-corrected chi connectivity index (χ3v) is 3.62. The molecule has 0 saturated heterocycles. The Morgan fingerprint density at radius 2 is 2.12 bits per heavy atom. The molecule has 17 heavy (non-hydrogen) atoms. The molecule has 2 aromatic rings. The first-order valence-corrected chi connectivity index (χ1v) is 6.22. The molecule has 1 aromatic heterocycles. The Labute approximate surface area is 104 Å². The van der Waals surface area contributed by atoms with Crippen molar-refractivity contribution < 1.29 is 4.79 Å². The van der Waals surface area contributed by atoms with Crippen molar-refractivity contribution in [2.45, 2.75) is 13.5 Å². The molecule has 0 aliphatic heterocycles. The topological polar surface area (TPSA) is 55.1 Å². The minimum Gasteiger partial charge on any atom is -0.379 e. The second-order valence-corrected chi connectivity index (χ2v) is 4.79. The fourth-order valence-electron chi connectivity index (χ4n) is 1.61. The average Bonchev–Trinajstić information content (AvgIpc) is 2.72. The summed E-state index contributed by atoms with van der Waals surface area (Å²) >= 11 is 1.70. The molecule has 0 fully saturated rings. The summed E-state index contributed by atoms with van der Waals surface area (Å²) in [6.07, 6.45) is 0. The number of rotatable bonds is 4. The smallest absolute Gasteiger partial charge is 0.250 e. The molecule has 0 aliphatic rings. The number of carbonyl (C=O) groups excluding carboxylic acids is 1. The fourth-order valence-corrected chi connectivity index (χ4v) is 2.46. The number of thiophene rings is 1. The minimum atomic E-state index is -0.406. The number of anilines is 1. The number of amides is 1. The van der Waals surface area contributed by atoms with Crippen molar-refractivity contribution in [3.63, 3.8) is 0 Å². The van der Waals surface area contributed by atoms with Gasteiger partial charge in [0.1, 0.15) is 0 Å². The Morgan fingerprint density at radius 1 is 1.35 bits per heavy atom. The number of para-hydroxylation sites is 1. The van der Waals surface area contributed by atoms with Crippen molar-refractivity contribution in [3.8, 4) is 0 Å². The number of hydrogen-bond donors (Lipinski definition) is 2. The van der Waals surface area contributed by atoms with Crippen LogP contribution in [0.3, 0.4) is 0 Å². The predicted molar refractivity (Wildman–Crippen MR) is 71.3 cm³/mol. The van der Waals surface area contributed by atoms with Gasteiger partial charge in [-0.1, -0.05) is 12.1 Å². The predicted octanol–water partition coefficient (Wildman–Crippen LogP) is 2.77. The number of aryl methyl sites for hydroxylation is 1. The molecule has 3 N–H and O–H groups in total. The standard InChI is InChI=1S/C13H14N2OS/c1-9-6-7-17-12(9)8-15-11-5-3-2-4-10(11)13(14)16/h2-7,15H,8H2,1H3,(H2,14,16). The second kappa shape index (κ2) is 5.01. The maximum absolute atomic E-state index is 11.2. The molecule has 0 aliphatic carbocycles. The Morgan fingerprint density at radius 3 is 2.76 bits per heavy atom. The minimum absolute atomic E-state index is 0.406. The third kappa shape index (κ3) is 2.65. The lowest BCUT2D eigenvalue weighted by molar-refractivity contribution is 0.100. The van der Waals surface area contributed by atoms with E-state index >= 15 is 0 Å². The summed E-state index contributed by atoms with van der Waals surface area (Å²) < 4.78 is 0. The molecule has 88 valence electrons. The molecule has 0 bridgehead atoms. The quantitative estimate of drug-likeness (QED) is 0.871. The van der Waals surface area contributed by atoms with Crippen LogP contribution in [0.1, 0.15) is 20.8 Å². The Hall–Kier alpha value is -1.81. The molecule has 0 unspecified atom stereocenters. The number of nitrogens with two attached hydrogens (primary N) is 1. The maximum Gasteiger partial charge on any atom is 0.250 e. The van der Waals surface area contributed by atoms with Gasteiger partial charge in [0.15, 0.2) is 0 Å². The van der Waals surface area contributed by atoms with Crippen molar-refractivity contribution in [1.82, 2.24) is 0 Å². The number of hydrogen-bond acceptors (Lipinski definition) is 3. The molecule has 0 atom stereocenters. The van der Waals surface area contributed by atoms with Crippen LogP contribution in [-0.2, 0) is 6.54 Å². The molecule has 1 aromatic carbocycles. The van der Waals surface area contributed by atoms with E-state index in [1.165, 1.54) is 10.4 Å². The summed E-state index contributed by atoms with van der Waals surface area (Å²) in [7, 11) is 0. The van der Waals surface area contributed by atoms with Gasteiger partial charge in [-0.25, -0.2) is 0 Å². The van der Waals surface area contributed by atoms with Crippen LogP contribution in [0, 0.1) is 6.92 Å². The molecule has 0 saturated carbocycles. The van der Waals surface area contributed by atoms with Crippen molar-refractivity contribution in [1.29, 1.82) is 0 Å². The van der Waals surface area contributed by atoms with Gasteiger partial charge in [0.25, 0.3) is 5.91 Å². The summed E-state index contributed by atoms with van der Waals surface area (Å²) in [4.78, 5) is 12.5. The van der Waals surface area contributed by atoms with Crippen LogP contribution in [0.25, 0.3) is 0 Å². The summed E-state index contributed by atoms with van der Waals surface area (Å²) in [5.74, 6) is -0.406. The van der Waals surface area contributed by atoms with E-state index in [0.717, 1.165) is 5.69 Å². The summed E-state index contributed by atoms with van der Waals surface area (Å²) in [5, 5.41) is 5.31. The zero-order chi connectivity index (χ0) is 12.3. The molecule has 4 heteroatoms. The van der Waals surface area contributed by atoms with E-state index in [1.807, 2.05) is 18.2 Å². The Kier molecular flexibility index (Phi) is 3.44. The summed E-state index contributed by atoms with van der Waals surface area (Å²) in [6, 6.07) is 9.37. The zero-order valence-corrected chi connectivity index (χ0v) is 10.4. The highest BCUT2D eigenvalue weighted by Gasteiger charge is 2.07. The van der Waals surface area contributed by atoms with Gasteiger partial charge in [-0.15, -0.1) is 11.3 Å². The van der Waals surface area contributed by atoms with E-state index < -0.39 is 5.91 Å². The Bertz CT molecular complexity index is 534. The first-order chi connectivity index (χ1) is 8.18. The van der Waals surface area contributed by atoms with Gasteiger partial charge in [0.05, 0.1) is 5.56 Å². The largest absolute Gasteiger partial charge is 0.379 e. The monoisotopic (exact) mass is 246 g/mol. The van der Waals surface area contributed by atoms with Crippen molar-refractivity contribution >= 4 is 22.9 Å². The summed E-state index contributed by atoms with van der Waals surface area (Å²) in [6.45, 7) is 2.79. The first kappa shape index (κ1) is 11.7. The van der Waals surface area contributed by atoms with Gasteiger partial charge >= 0.3 is 0 Å². The highest BCUT2D eigenvalue weighted by molar-refractivity contribution is 7.10. The number of carbonyl (C=O) groups is 1. The normalized spacial score (nSPS) is 10.2.